The second kappa shape index (κ2) is 10.8. The van der Waals surface area contributed by atoms with Crippen LogP contribution in [0.2, 0.25) is 0 Å². The predicted molar refractivity (Wildman–Crippen MR) is 194 cm³/mol. The summed E-state index contributed by atoms with van der Waals surface area (Å²) in [5.74, 6) is 0. The van der Waals surface area contributed by atoms with E-state index in [1.165, 1.54) is 38.4 Å². The zero-order chi connectivity index (χ0) is 30.5. The normalized spacial score (nSPS) is 11.5. The van der Waals surface area contributed by atoms with Gasteiger partial charge in [0.1, 0.15) is 11.2 Å². The number of para-hydroxylation sites is 1. The summed E-state index contributed by atoms with van der Waals surface area (Å²) in [6.07, 6.45) is 0. The van der Waals surface area contributed by atoms with Gasteiger partial charge >= 0.3 is 0 Å². The fourth-order valence-corrected chi connectivity index (χ4v) is 6.80. The van der Waals surface area contributed by atoms with Gasteiger partial charge in [0.05, 0.1) is 5.69 Å². The standard InChI is InChI=1S/C44H29NO/c1-3-11-30(12-4-1)31-19-22-35(23-20-31)45(42-26-25-37(32-13-5-2-6-14-32)38-15-7-8-16-39(38)42)36-24-21-33-28-41-40-17-9-10-18-43(40)46-44(41)29-34(33)27-36/h1-29H. The molecule has 9 rings (SSSR count). The topological polar surface area (TPSA) is 16.4 Å². The average Bonchev–Trinajstić information content (AvgIpc) is 3.49. The van der Waals surface area contributed by atoms with Crippen molar-refractivity contribution in [1.29, 1.82) is 0 Å². The van der Waals surface area contributed by atoms with Crippen LogP contribution in [0.15, 0.2) is 180 Å². The van der Waals surface area contributed by atoms with Crippen LogP contribution in [-0.2, 0) is 0 Å². The summed E-state index contributed by atoms with van der Waals surface area (Å²) in [5.41, 5.74) is 9.98. The van der Waals surface area contributed by atoms with Gasteiger partial charge in [-0.15, -0.1) is 0 Å². The summed E-state index contributed by atoms with van der Waals surface area (Å²) in [6.45, 7) is 0. The van der Waals surface area contributed by atoms with Gasteiger partial charge in [0, 0.05) is 27.5 Å². The summed E-state index contributed by atoms with van der Waals surface area (Å²) in [5, 5.41) is 7.04. The Hall–Kier alpha value is -6.12. The SMILES string of the molecule is c1ccc(-c2ccc(N(c3ccc4cc5c(cc4c3)oc3ccccc35)c3ccc(-c4ccccc4)c4ccccc34)cc2)cc1. The molecule has 216 valence electrons. The van der Waals surface area contributed by atoms with E-state index >= 15 is 0 Å². The fourth-order valence-electron chi connectivity index (χ4n) is 6.80. The van der Waals surface area contributed by atoms with Crippen LogP contribution in [0.5, 0.6) is 0 Å². The Balaban J connectivity index is 1.25. The first kappa shape index (κ1) is 26.3. The van der Waals surface area contributed by atoms with Crippen molar-refractivity contribution in [3.63, 3.8) is 0 Å². The molecule has 0 atom stereocenters. The number of fused-ring (bicyclic) bond motifs is 5. The maximum absolute atomic E-state index is 6.28. The van der Waals surface area contributed by atoms with Crippen molar-refractivity contribution >= 4 is 60.5 Å². The molecular formula is C44H29NO. The zero-order valence-corrected chi connectivity index (χ0v) is 25.1. The van der Waals surface area contributed by atoms with E-state index in [4.69, 9.17) is 4.42 Å². The Morgan fingerprint density at radius 1 is 0.348 bits per heavy atom. The third-order valence-corrected chi connectivity index (χ3v) is 9.04. The van der Waals surface area contributed by atoms with Crippen LogP contribution >= 0.6 is 0 Å². The molecule has 0 saturated carbocycles. The average molecular weight is 588 g/mol. The van der Waals surface area contributed by atoms with Crippen LogP contribution in [-0.4, -0.2) is 0 Å². The maximum atomic E-state index is 6.28. The Kier molecular flexibility index (Phi) is 6.17. The molecular weight excluding hydrogens is 558 g/mol. The Morgan fingerprint density at radius 2 is 0.978 bits per heavy atom. The van der Waals surface area contributed by atoms with Crippen molar-refractivity contribution in [3.05, 3.63) is 176 Å². The summed E-state index contributed by atoms with van der Waals surface area (Å²) in [4.78, 5) is 2.38. The highest BCUT2D eigenvalue weighted by Crippen LogP contribution is 2.43. The molecule has 0 aliphatic heterocycles. The number of nitrogens with zero attached hydrogens (tertiary/aromatic N) is 1. The van der Waals surface area contributed by atoms with Crippen molar-refractivity contribution in [1.82, 2.24) is 0 Å². The van der Waals surface area contributed by atoms with Gasteiger partial charge in [0.2, 0.25) is 0 Å². The number of hydrogen-bond donors (Lipinski definition) is 0. The van der Waals surface area contributed by atoms with Crippen LogP contribution in [0.25, 0.3) is 65.7 Å². The number of benzene rings is 8. The molecule has 46 heavy (non-hydrogen) atoms. The molecule has 8 aromatic carbocycles. The minimum absolute atomic E-state index is 0.905. The zero-order valence-electron chi connectivity index (χ0n) is 25.1. The summed E-state index contributed by atoms with van der Waals surface area (Å²) in [7, 11) is 0. The lowest BCUT2D eigenvalue weighted by Gasteiger charge is -2.28. The first-order valence-corrected chi connectivity index (χ1v) is 15.7. The van der Waals surface area contributed by atoms with Crippen LogP contribution in [0, 0.1) is 0 Å². The van der Waals surface area contributed by atoms with Crippen LogP contribution < -0.4 is 4.90 Å². The van der Waals surface area contributed by atoms with Gasteiger partial charge in [-0.3, -0.25) is 0 Å². The van der Waals surface area contributed by atoms with E-state index < -0.39 is 0 Å². The first-order chi connectivity index (χ1) is 22.8. The highest BCUT2D eigenvalue weighted by molar-refractivity contribution is 6.11. The number of hydrogen-bond acceptors (Lipinski definition) is 2. The third-order valence-electron chi connectivity index (χ3n) is 9.04. The van der Waals surface area contributed by atoms with Gasteiger partial charge in [0.25, 0.3) is 0 Å². The first-order valence-electron chi connectivity index (χ1n) is 15.7. The van der Waals surface area contributed by atoms with Gasteiger partial charge in [-0.05, 0) is 86.9 Å². The Morgan fingerprint density at radius 3 is 1.76 bits per heavy atom. The highest BCUT2D eigenvalue weighted by atomic mass is 16.3. The lowest BCUT2D eigenvalue weighted by Crippen LogP contribution is -2.10. The minimum atomic E-state index is 0.905. The Bertz CT molecular complexity index is 2510. The Labute approximate surface area is 267 Å². The van der Waals surface area contributed by atoms with Gasteiger partial charge in [0.15, 0.2) is 0 Å². The molecule has 0 spiro atoms. The quantitative estimate of drug-likeness (QED) is 0.199. The van der Waals surface area contributed by atoms with E-state index in [-0.39, 0.29) is 0 Å². The monoisotopic (exact) mass is 587 g/mol. The molecule has 0 N–H and O–H groups in total. The molecule has 0 amide bonds. The number of furan rings is 1. The third kappa shape index (κ3) is 4.43. The van der Waals surface area contributed by atoms with Gasteiger partial charge < -0.3 is 9.32 Å². The van der Waals surface area contributed by atoms with Crippen molar-refractivity contribution in [2.24, 2.45) is 0 Å². The minimum Gasteiger partial charge on any atom is -0.456 e. The number of rotatable bonds is 5. The van der Waals surface area contributed by atoms with Crippen molar-refractivity contribution in [2.45, 2.75) is 0 Å². The van der Waals surface area contributed by atoms with E-state index in [2.05, 4.69) is 169 Å². The largest absolute Gasteiger partial charge is 0.456 e. The fraction of sp³-hybridized carbons (Fsp3) is 0. The van der Waals surface area contributed by atoms with E-state index in [0.29, 0.717) is 0 Å². The van der Waals surface area contributed by atoms with E-state index in [9.17, 15) is 0 Å². The molecule has 2 heteroatoms. The van der Waals surface area contributed by atoms with E-state index in [1.54, 1.807) is 0 Å². The second-order valence-electron chi connectivity index (χ2n) is 11.8. The van der Waals surface area contributed by atoms with Crippen molar-refractivity contribution in [3.8, 4) is 22.3 Å². The molecule has 1 heterocycles. The van der Waals surface area contributed by atoms with Gasteiger partial charge in [-0.1, -0.05) is 127 Å². The molecule has 0 fully saturated rings. The molecule has 1 aromatic heterocycles. The van der Waals surface area contributed by atoms with Crippen molar-refractivity contribution < 1.29 is 4.42 Å². The molecule has 2 nitrogen and oxygen atoms in total. The summed E-state index contributed by atoms with van der Waals surface area (Å²) in [6, 6.07) is 62.8. The van der Waals surface area contributed by atoms with E-state index in [0.717, 1.165) is 44.4 Å². The molecule has 0 aliphatic carbocycles. The smallest absolute Gasteiger partial charge is 0.136 e. The molecule has 0 bridgehead atoms. The number of anilines is 3. The molecule has 0 unspecified atom stereocenters. The van der Waals surface area contributed by atoms with Crippen LogP contribution in [0.1, 0.15) is 0 Å². The lowest BCUT2D eigenvalue weighted by atomic mass is 9.96. The molecule has 0 radical (unpaired) electrons. The molecule has 0 aliphatic rings. The van der Waals surface area contributed by atoms with Gasteiger partial charge in [-0.2, -0.15) is 0 Å². The van der Waals surface area contributed by atoms with E-state index in [1.807, 2.05) is 12.1 Å². The van der Waals surface area contributed by atoms with Crippen molar-refractivity contribution in [2.75, 3.05) is 4.90 Å². The highest BCUT2D eigenvalue weighted by Gasteiger charge is 2.18. The maximum Gasteiger partial charge on any atom is 0.136 e. The van der Waals surface area contributed by atoms with Crippen LogP contribution in [0.3, 0.4) is 0 Å². The summed E-state index contributed by atoms with van der Waals surface area (Å²) < 4.78 is 6.28. The lowest BCUT2D eigenvalue weighted by molar-refractivity contribution is 0.669. The van der Waals surface area contributed by atoms with Gasteiger partial charge in [-0.25, -0.2) is 0 Å². The molecule has 9 aromatic rings. The summed E-state index contributed by atoms with van der Waals surface area (Å²) >= 11 is 0. The molecule has 0 saturated heterocycles. The van der Waals surface area contributed by atoms with Crippen LogP contribution in [0.4, 0.5) is 17.1 Å². The predicted octanol–water partition coefficient (Wildman–Crippen LogP) is 12.7. The second-order valence-corrected chi connectivity index (χ2v) is 11.8.